The average molecular weight is 452 g/mol. The first kappa shape index (κ1) is 21.4. The number of carbonyl (C=O) groups is 1. The van der Waals surface area contributed by atoms with Crippen LogP contribution >= 0.6 is 0 Å². The van der Waals surface area contributed by atoms with E-state index in [1.165, 1.54) is 12.4 Å². The molecule has 1 aromatic carbocycles. The molecule has 1 aliphatic carbocycles. The molecule has 0 unspecified atom stereocenters. The highest BCUT2D eigenvalue weighted by Gasteiger charge is 2.29. The van der Waals surface area contributed by atoms with Gasteiger partial charge in [0.15, 0.2) is 17.5 Å². The number of aryl methyl sites for hydroxylation is 1. The Labute approximate surface area is 190 Å². The number of nitrogens with zero attached hydrogens (tertiary/aromatic N) is 5. The van der Waals surface area contributed by atoms with E-state index < -0.39 is 5.82 Å². The summed E-state index contributed by atoms with van der Waals surface area (Å²) in [6.07, 6.45) is 7.45. The summed E-state index contributed by atoms with van der Waals surface area (Å²) in [5.74, 6) is 1.29. The average Bonchev–Trinajstić information content (AvgIpc) is 3.35. The van der Waals surface area contributed by atoms with Crippen molar-refractivity contribution in [1.82, 2.24) is 25.1 Å². The van der Waals surface area contributed by atoms with Gasteiger partial charge in [-0.3, -0.25) is 9.89 Å². The zero-order valence-corrected chi connectivity index (χ0v) is 18.6. The van der Waals surface area contributed by atoms with Gasteiger partial charge in [0.1, 0.15) is 12.1 Å². The molecule has 2 aliphatic rings. The third kappa shape index (κ3) is 4.30. The van der Waals surface area contributed by atoms with E-state index in [4.69, 9.17) is 9.72 Å². The highest BCUT2D eigenvalue weighted by Crippen LogP contribution is 2.34. The maximum atomic E-state index is 14.9. The minimum absolute atomic E-state index is 0.104. The number of aromatic nitrogens is 5. The summed E-state index contributed by atoms with van der Waals surface area (Å²) < 4.78 is 20.4. The second-order valence-electron chi connectivity index (χ2n) is 8.70. The molecule has 0 atom stereocenters. The van der Waals surface area contributed by atoms with E-state index in [9.17, 15) is 9.18 Å². The van der Waals surface area contributed by atoms with Crippen molar-refractivity contribution in [2.45, 2.75) is 38.7 Å². The van der Waals surface area contributed by atoms with E-state index in [2.05, 4.69) is 25.5 Å². The summed E-state index contributed by atoms with van der Waals surface area (Å²) in [6, 6.07) is 3.15. The van der Waals surface area contributed by atoms with Crippen molar-refractivity contribution in [2.75, 3.05) is 30.4 Å². The third-order valence-electron chi connectivity index (χ3n) is 6.50. The zero-order valence-electron chi connectivity index (χ0n) is 18.6. The van der Waals surface area contributed by atoms with E-state index in [1.807, 2.05) is 11.8 Å². The van der Waals surface area contributed by atoms with Crippen molar-refractivity contribution in [1.29, 1.82) is 0 Å². The molecule has 33 heavy (non-hydrogen) atoms. The molecule has 2 aromatic heterocycles. The number of halogens is 1. The number of ether oxygens (including phenoxy) is 1. The summed E-state index contributed by atoms with van der Waals surface area (Å²) in [5.41, 5.74) is 2.34. The highest BCUT2D eigenvalue weighted by molar-refractivity contribution is 5.99. The van der Waals surface area contributed by atoms with Gasteiger partial charge in [-0.15, -0.1) is 0 Å². The Morgan fingerprint density at radius 3 is 2.73 bits per heavy atom. The lowest BCUT2D eigenvalue weighted by molar-refractivity contribution is -0.115. The van der Waals surface area contributed by atoms with Gasteiger partial charge in [-0.05, 0) is 56.2 Å². The summed E-state index contributed by atoms with van der Waals surface area (Å²) in [6.45, 7) is 2.85. The fraction of sp³-hybridized carbons (Fsp3) is 0.435. The second kappa shape index (κ2) is 8.86. The molecule has 5 rings (SSSR count). The van der Waals surface area contributed by atoms with Crippen LogP contribution in [0.1, 0.15) is 31.2 Å². The van der Waals surface area contributed by atoms with Crippen LogP contribution in [0.2, 0.25) is 0 Å². The van der Waals surface area contributed by atoms with E-state index in [1.54, 1.807) is 19.4 Å². The van der Waals surface area contributed by atoms with E-state index >= 15 is 0 Å². The molecule has 0 saturated heterocycles. The number of benzene rings is 1. The van der Waals surface area contributed by atoms with Crippen molar-refractivity contribution in [3.05, 3.63) is 36.0 Å². The van der Waals surface area contributed by atoms with Gasteiger partial charge < -0.3 is 15.0 Å². The molecule has 172 valence electrons. The third-order valence-corrected chi connectivity index (χ3v) is 6.50. The number of hydrogen-bond donors (Lipinski definition) is 2. The zero-order chi connectivity index (χ0) is 22.9. The number of hydrogen-bond acceptors (Lipinski definition) is 7. The number of H-pyrrole nitrogens is 1. The monoisotopic (exact) mass is 451 g/mol. The molecule has 2 N–H and O–H groups in total. The number of fused-ring (bicyclic) bond motifs is 1. The Hall–Kier alpha value is -3.40. The Morgan fingerprint density at radius 2 is 2.00 bits per heavy atom. The SMILES string of the molecule is CO[C@H]1CC[C@H](CN2CC(=O)Nc3ncc(-c4cc(F)c(-c5nc[nH]n5)cc4C)nc32)CC1. The van der Waals surface area contributed by atoms with Gasteiger partial charge in [-0.1, -0.05) is 0 Å². The Bertz CT molecular complexity index is 1160. The first-order valence-corrected chi connectivity index (χ1v) is 11.1. The van der Waals surface area contributed by atoms with Gasteiger partial charge in [0, 0.05) is 19.2 Å². The molecule has 0 spiro atoms. The molecule has 3 aromatic rings. The van der Waals surface area contributed by atoms with E-state index in [-0.39, 0.29) is 12.5 Å². The second-order valence-corrected chi connectivity index (χ2v) is 8.70. The van der Waals surface area contributed by atoms with E-state index in [0.29, 0.717) is 46.3 Å². The maximum Gasteiger partial charge on any atom is 0.245 e. The quantitative estimate of drug-likeness (QED) is 0.612. The first-order valence-electron chi connectivity index (χ1n) is 11.1. The van der Waals surface area contributed by atoms with Gasteiger partial charge in [-0.2, -0.15) is 5.10 Å². The number of methoxy groups -OCH3 is 1. The standard InChI is InChI=1S/C23H26FN7O2/c1-13-7-17(21-26-12-27-30-21)18(24)8-16(13)19-9-25-22-23(28-19)31(11-20(32)29-22)10-14-3-5-15(33-2)6-4-14/h7-9,12,14-15H,3-6,10-11H2,1-2H3,(H,25,29,32)(H,26,27,30)/t14-,15-. The van der Waals surface area contributed by atoms with Crippen LogP contribution in [0, 0.1) is 18.7 Å². The smallest absolute Gasteiger partial charge is 0.245 e. The molecule has 1 aliphatic heterocycles. The summed E-state index contributed by atoms with van der Waals surface area (Å²) in [5, 5.41) is 9.39. The fourth-order valence-corrected chi connectivity index (χ4v) is 4.72. The maximum absolute atomic E-state index is 14.9. The lowest BCUT2D eigenvalue weighted by Crippen LogP contribution is -2.42. The lowest BCUT2D eigenvalue weighted by Gasteiger charge is -2.35. The predicted octanol–water partition coefficient (Wildman–Crippen LogP) is 3.34. The topological polar surface area (TPSA) is 109 Å². The van der Waals surface area contributed by atoms with Gasteiger partial charge in [-0.25, -0.2) is 19.3 Å². The molecule has 10 heteroatoms. The number of aromatic amines is 1. The number of amides is 1. The summed E-state index contributed by atoms with van der Waals surface area (Å²) >= 11 is 0. The minimum atomic E-state index is -0.435. The summed E-state index contributed by atoms with van der Waals surface area (Å²) in [7, 11) is 1.76. The van der Waals surface area contributed by atoms with Gasteiger partial charge in [0.2, 0.25) is 5.91 Å². The molecule has 0 bridgehead atoms. The normalized spacial score (nSPS) is 20.5. The fourth-order valence-electron chi connectivity index (χ4n) is 4.72. The first-order chi connectivity index (χ1) is 16.0. The van der Waals surface area contributed by atoms with Gasteiger partial charge >= 0.3 is 0 Å². The van der Waals surface area contributed by atoms with Crippen molar-refractivity contribution < 1.29 is 13.9 Å². The van der Waals surface area contributed by atoms with Crippen LogP contribution in [0.4, 0.5) is 16.0 Å². The van der Waals surface area contributed by atoms with Crippen LogP contribution in [0.5, 0.6) is 0 Å². The Kier molecular flexibility index (Phi) is 5.76. The molecule has 3 heterocycles. The van der Waals surface area contributed by atoms with Crippen LogP contribution in [-0.4, -0.2) is 57.4 Å². The lowest BCUT2D eigenvalue weighted by atomic mass is 9.87. The van der Waals surface area contributed by atoms with Crippen molar-refractivity contribution in [3.63, 3.8) is 0 Å². The van der Waals surface area contributed by atoms with Crippen molar-refractivity contribution >= 4 is 17.5 Å². The summed E-state index contributed by atoms with van der Waals surface area (Å²) in [4.78, 5) is 27.6. The number of carbonyl (C=O) groups excluding carboxylic acids is 1. The van der Waals surface area contributed by atoms with E-state index in [0.717, 1.165) is 37.8 Å². The van der Waals surface area contributed by atoms with Gasteiger partial charge in [0.05, 0.1) is 30.1 Å². The predicted molar refractivity (Wildman–Crippen MR) is 121 cm³/mol. The highest BCUT2D eigenvalue weighted by atomic mass is 19.1. The van der Waals surface area contributed by atoms with Crippen LogP contribution in [0.25, 0.3) is 22.6 Å². The molecule has 0 radical (unpaired) electrons. The Morgan fingerprint density at radius 1 is 1.18 bits per heavy atom. The molecular weight excluding hydrogens is 425 g/mol. The Balaban J connectivity index is 1.44. The van der Waals surface area contributed by atoms with Gasteiger partial charge in [0.25, 0.3) is 0 Å². The van der Waals surface area contributed by atoms with Crippen LogP contribution in [0.3, 0.4) is 0 Å². The largest absolute Gasteiger partial charge is 0.381 e. The van der Waals surface area contributed by atoms with Crippen molar-refractivity contribution in [3.8, 4) is 22.6 Å². The molecule has 1 saturated carbocycles. The van der Waals surface area contributed by atoms with Crippen molar-refractivity contribution in [2.24, 2.45) is 5.92 Å². The van der Waals surface area contributed by atoms with Crippen LogP contribution in [-0.2, 0) is 9.53 Å². The minimum Gasteiger partial charge on any atom is -0.381 e. The molecule has 1 fully saturated rings. The number of anilines is 2. The van der Waals surface area contributed by atoms with Crippen LogP contribution in [0.15, 0.2) is 24.7 Å². The number of rotatable bonds is 5. The molecule has 9 nitrogen and oxygen atoms in total. The molecular formula is C23H26FN7O2. The molecule has 1 amide bonds. The van der Waals surface area contributed by atoms with Crippen LogP contribution < -0.4 is 10.2 Å². The number of nitrogens with one attached hydrogen (secondary N) is 2.